The van der Waals surface area contributed by atoms with E-state index in [4.69, 9.17) is 9.72 Å². The lowest BCUT2D eigenvalue weighted by atomic mass is 9.95. The van der Waals surface area contributed by atoms with Crippen LogP contribution in [0.2, 0.25) is 0 Å². The number of likely N-dealkylation sites (tertiary alicyclic amines) is 1. The molecule has 38 heavy (non-hydrogen) atoms. The second-order valence-corrected chi connectivity index (χ2v) is 10.8. The second kappa shape index (κ2) is 10.5. The molecule has 2 heterocycles. The van der Waals surface area contributed by atoms with E-state index in [-0.39, 0.29) is 23.9 Å². The zero-order valence-electron chi connectivity index (χ0n) is 22.5. The predicted molar refractivity (Wildman–Crippen MR) is 150 cm³/mol. The molecule has 2 N–H and O–H groups in total. The molecule has 1 aliphatic carbocycles. The number of piperidine rings is 1. The van der Waals surface area contributed by atoms with Crippen molar-refractivity contribution >= 4 is 28.6 Å². The number of H-pyrrole nitrogens is 1. The van der Waals surface area contributed by atoms with Crippen molar-refractivity contribution in [3.8, 4) is 11.1 Å². The first kappa shape index (κ1) is 25.8. The number of ether oxygens (including phenoxy) is 1. The number of nitrogens with zero attached hydrogens (tertiary/aromatic N) is 2. The molecular formula is C31H36N4O3. The number of methoxy groups -OCH3 is 1. The third-order valence-corrected chi connectivity index (χ3v) is 8.05. The largest absolute Gasteiger partial charge is 0.453 e. The smallest absolute Gasteiger partial charge is 0.407 e. The average Bonchev–Trinajstić information content (AvgIpc) is 3.65. The van der Waals surface area contributed by atoms with Crippen molar-refractivity contribution in [2.24, 2.45) is 11.8 Å². The summed E-state index contributed by atoms with van der Waals surface area (Å²) in [6.45, 7) is 9.73. The molecule has 198 valence electrons. The molecule has 2 aromatic carbocycles. The molecule has 2 amide bonds. The maximum atomic E-state index is 13.8. The van der Waals surface area contributed by atoms with E-state index in [1.165, 1.54) is 18.2 Å². The number of alkyl carbamates (subject to hydrolysis) is 1. The van der Waals surface area contributed by atoms with Crippen molar-refractivity contribution in [3.63, 3.8) is 0 Å². The van der Waals surface area contributed by atoms with Gasteiger partial charge in [0.1, 0.15) is 11.9 Å². The molecule has 0 spiro atoms. The Morgan fingerprint density at radius 3 is 2.58 bits per heavy atom. The Hall–Kier alpha value is -3.87. The maximum Gasteiger partial charge on any atom is 0.407 e. The van der Waals surface area contributed by atoms with E-state index in [1.54, 1.807) is 6.08 Å². The second-order valence-electron chi connectivity index (χ2n) is 10.8. The van der Waals surface area contributed by atoms with Crippen LogP contribution in [0, 0.1) is 11.8 Å². The van der Waals surface area contributed by atoms with Crippen LogP contribution in [-0.2, 0) is 9.53 Å². The topological polar surface area (TPSA) is 87.3 Å². The molecule has 7 nitrogen and oxygen atoms in total. The van der Waals surface area contributed by atoms with Crippen molar-refractivity contribution in [1.29, 1.82) is 0 Å². The Morgan fingerprint density at radius 1 is 1.16 bits per heavy atom. The van der Waals surface area contributed by atoms with Gasteiger partial charge in [0.25, 0.3) is 0 Å². The first-order valence-corrected chi connectivity index (χ1v) is 13.4. The highest BCUT2D eigenvalue weighted by Gasteiger charge is 2.51. The molecule has 3 aromatic rings. The number of hydrogen-bond donors (Lipinski definition) is 2. The van der Waals surface area contributed by atoms with Crippen LogP contribution in [0.4, 0.5) is 4.79 Å². The molecule has 2 aliphatic rings. The summed E-state index contributed by atoms with van der Waals surface area (Å²) in [5.74, 6) is 1.04. The molecule has 0 radical (unpaired) electrons. The third kappa shape index (κ3) is 4.73. The molecule has 2 bridgehead atoms. The van der Waals surface area contributed by atoms with Gasteiger partial charge in [-0.3, -0.25) is 4.79 Å². The Labute approximate surface area is 224 Å². The van der Waals surface area contributed by atoms with Gasteiger partial charge in [0.15, 0.2) is 0 Å². The number of carbonyl (C=O) groups is 2. The lowest BCUT2D eigenvalue weighted by Gasteiger charge is -2.37. The van der Waals surface area contributed by atoms with Gasteiger partial charge in [-0.2, -0.15) is 0 Å². The van der Waals surface area contributed by atoms with E-state index >= 15 is 0 Å². The summed E-state index contributed by atoms with van der Waals surface area (Å²) in [5.41, 5.74) is 6.41. The maximum absolute atomic E-state index is 13.8. The van der Waals surface area contributed by atoms with Gasteiger partial charge in [-0.1, -0.05) is 62.9 Å². The number of benzene rings is 2. The van der Waals surface area contributed by atoms with Crippen molar-refractivity contribution in [2.75, 3.05) is 7.11 Å². The highest BCUT2D eigenvalue weighted by Crippen LogP contribution is 2.50. The average molecular weight is 513 g/mol. The Morgan fingerprint density at radius 2 is 1.89 bits per heavy atom. The van der Waals surface area contributed by atoms with Crippen molar-refractivity contribution in [1.82, 2.24) is 20.2 Å². The van der Waals surface area contributed by atoms with Gasteiger partial charge in [0.05, 0.1) is 24.2 Å². The van der Waals surface area contributed by atoms with Gasteiger partial charge >= 0.3 is 6.09 Å². The van der Waals surface area contributed by atoms with Crippen molar-refractivity contribution in [3.05, 3.63) is 72.6 Å². The molecule has 1 saturated heterocycles. The molecule has 1 aliphatic heterocycles. The van der Waals surface area contributed by atoms with Crippen LogP contribution in [0.15, 0.2) is 61.2 Å². The minimum atomic E-state index is -0.645. The number of allylic oxidation sites excluding steroid dienone is 3. The molecule has 1 saturated carbocycles. The minimum Gasteiger partial charge on any atom is -0.453 e. The standard InChI is InChI=1S/C31H36N4O3/c1-6-7-19(4)20-8-10-21(11-9-20)22-13-15-25-26(17-22)33-29(32-25)28-23-12-14-24(16-23)35(28)30(36)27(18(2)3)34-31(37)38-5/h6-11,13,15,17-18,23-24,27-28H,1,12,14,16H2,2-5H3,(H,32,33)(H,34,37)/b19-7+/t23-,24+,27?,28-/m0/s1. The number of amides is 2. The number of aromatic nitrogens is 2. The van der Waals surface area contributed by atoms with E-state index in [0.29, 0.717) is 5.92 Å². The zero-order chi connectivity index (χ0) is 27.0. The third-order valence-electron chi connectivity index (χ3n) is 8.05. The first-order valence-electron chi connectivity index (χ1n) is 13.4. The van der Waals surface area contributed by atoms with Crippen molar-refractivity contribution < 1.29 is 14.3 Å². The number of carbonyl (C=O) groups excluding carboxylic acids is 2. The van der Waals surface area contributed by atoms with Crippen LogP contribution < -0.4 is 5.32 Å². The minimum absolute atomic E-state index is 0.0652. The number of imidazole rings is 1. The Kier molecular flexibility index (Phi) is 7.11. The zero-order valence-corrected chi connectivity index (χ0v) is 22.5. The molecular weight excluding hydrogens is 476 g/mol. The van der Waals surface area contributed by atoms with Gasteiger partial charge in [0.2, 0.25) is 5.91 Å². The highest BCUT2D eigenvalue weighted by molar-refractivity contribution is 5.87. The van der Waals surface area contributed by atoms with Gasteiger partial charge < -0.3 is 19.9 Å². The highest BCUT2D eigenvalue weighted by atomic mass is 16.5. The van der Waals surface area contributed by atoms with Crippen LogP contribution in [0.1, 0.15) is 57.5 Å². The fourth-order valence-electron chi connectivity index (χ4n) is 6.06. The van der Waals surface area contributed by atoms with Gasteiger partial charge in [0, 0.05) is 6.04 Å². The lowest BCUT2D eigenvalue weighted by molar-refractivity contribution is -0.139. The summed E-state index contributed by atoms with van der Waals surface area (Å²) in [6.07, 6.45) is 6.24. The summed E-state index contributed by atoms with van der Waals surface area (Å²) in [5, 5.41) is 2.75. The van der Waals surface area contributed by atoms with Gasteiger partial charge in [-0.25, -0.2) is 9.78 Å². The molecule has 5 rings (SSSR count). The molecule has 1 unspecified atom stereocenters. The Balaban J connectivity index is 1.44. The number of rotatable bonds is 7. The summed E-state index contributed by atoms with van der Waals surface area (Å²) < 4.78 is 4.79. The number of fused-ring (bicyclic) bond motifs is 3. The van der Waals surface area contributed by atoms with Crippen LogP contribution in [0.25, 0.3) is 27.7 Å². The molecule has 1 aromatic heterocycles. The summed E-state index contributed by atoms with van der Waals surface area (Å²) in [4.78, 5) is 36.2. The summed E-state index contributed by atoms with van der Waals surface area (Å²) in [6, 6.07) is 14.2. The molecule has 7 heteroatoms. The van der Waals surface area contributed by atoms with Crippen LogP contribution in [-0.4, -0.2) is 46.1 Å². The normalized spacial score (nSPS) is 21.7. The molecule has 2 fully saturated rings. The summed E-state index contributed by atoms with van der Waals surface area (Å²) in [7, 11) is 1.32. The lowest BCUT2D eigenvalue weighted by Crippen LogP contribution is -2.54. The van der Waals surface area contributed by atoms with E-state index in [0.717, 1.165) is 47.2 Å². The van der Waals surface area contributed by atoms with Crippen LogP contribution >= 0.6 is 0 Å². The fraction of sp³-hybridized carbons (Fsp3) is 0.387. The molecule has 4 atom stereocenters. The summed E-state index contributed by atoms with van der Waals surface area (Å²) >= 11 is 0. The van der Waals surface area contributed by atoms with Crippen LogP contribution in [0.3, 0.4) is 0 Å². The van der Waals surface area contributed by atoms with E-state index in [1.807, 2.05) is 30.9 Å². The fourth-order valence-corrected chi connectivity index (χ4v) is 6.06. The van der Waals surface area contributed by atoms with Gasteiger partial charge in [-0.15, -0.1) is 0 Å². The Bertz CT molecular complexity index is 1390. The predicted octanol–water partition coefficient (Wildman–Crippen LogP) is 6.25. The monoisotopic (exact) mass is 512 g/mol. The quantitative estimate of drug-likeness (QED) is 0.366. The van der Waals surface area contributed by atoms with Gasteiger partial charge in [-0.05, 0) is 72.4 Å². The van der Waals surface area contributed by atoms with E-state index in [9.17, 15) is 9.59 Å². The number of hydrogen-bond acceptors (Lipinski definition) is 4. The first-order chi connectivity index (χ1) is 18.3. The van der Waals surface area contributed by atoms with Crippen molar-refractivity contribution in [2.45, 2.75) is 58.2 Å². The number of nitrogens with one attached hydrogen (secondary N) is 2. The van der Waals surface area contributed by atoms with E-state index < -0.39 is 12.1 Å². The number of aromatic amines is 1. The SMILES string of the molecule is C=C/C=C(\C)c1ccc(-c2ccc3nc([C@@H]4[C@H]5CC[C@H](C5)N4C(=O)C(NC(=O)OC)C(C)C)[nH]c3c2)cc1. The van der Waals surface area contributed by atoms with E-state index in [2.05, 4.69) is 60.2 Å². The van der Waals surface area contributed by atoms with Crippen LogP contribution in [0.5, 0.6) is 0 Å².